The molecular weight excluding hydrogens is 350 g/mol. The van der Waals surface area contributed by atoms with E-state index in [4.69, 9.17) is 14.2 Å². The van der Waals surface area contributed by atoms with Crippen LogP contribution < -0.4 is 19.5 Å². The van der Waals surface area contributed by atoms with E-state index in [-0.39, 0.29) is 0 Å². The second-order valence-corrected chi connectivity index (χ2v) is 6.51. The molecule has 0 aliphatic carbocycles. The van der Waals surface area contributed by atoms with Gasteiger partial charge in [-0.05, 0) is 66.9 Å². The molecule has 4 nitrogen and oxygen atoms in total. The maximum atomic E-state index is 6.04. The van der Waals surface area contributed by atoms with Crippen molar-refractivity contribution in [1.82, 2.24) is 0 Å². The summed E-state index contributed by atoms with van der Waals surface area (Å²) in [6.45, 7) is 5.89. The third-order valence-electron chi connectivity index (χ3n) is 4.54. The Morgan fingerprint density at radius 3 is 2.36 bits per heavy atom. The summed E-state index contributed by atoms with van der Waals surface area (Å²) in [5.74, 6) is 2.38. The molecule has 3 rings (SSSR count). The van der Waals surface area contributed by atoms with Gasteiger partial charge >= 0.3 is 0 Å². The fraction of sp³-hybridized carbons (Fsp3) is 0.250. The molecule has 3 aromatic carbocycles. The van der Waals surface area contributed by atoms with Crippen molar-refractivity contribution in [3.05, 3.63) is 83.4 Å². The van der Waals surface area contributed by atoms with Crippen LogP contribution in [-0.2, 0) is 13.2 Å². The van der Waals surface area contributed by atoms with Gasteiger partial charge in [-0.25, -0.2) is 0 Å². The third-order valence-corrected chi connectivity index (χ3v) is 4.54. The highest BCUT2D eigenvalue weighted by atomic mass is 16.5. The normalized spacial score (nSPS) is 10.4. The van der Waals surface area contributed by atoms with Crippen LogP contribution in [0.3, 0.4) is 0 Å². The summed E-state index contributed by atoms with van der Waals surface area (Å²) >= 11 is 0. The van der Waals surface area contributed by atoms with Crippen LogP contribution in [0.2, 0.25) is 0 Å². The van der Waals surface area contributed by atoms with Crippen LogP contribution in [0.4, 0.5) is 5.69 Å². The molecule has 28 heavy (non-hydrogen) atoms. The summed E-state index contributed by atoms with van der Waals surface area (Å²) in [7, 11) is 1.67. The van der Waals surface area contributed by atoms with Gasteiger partial charge in [0.25, 0.3) is 0 Å². The molecule has 0 unspecified atom stereocenters. The van der Waals surface area contributed by atoms with Crippen molar-refractivity contribution in [2.24, 2.45) is 0 Å². The number of anilines is 1. The minimum Gasteiger partial charge on any atom is -0.497 e. The monoisotopic (exact) mass is 377 g/mol. The lowest BCUT2D eigenvalue weighted by Crippen LogP contribution is -2.03. The average Bonchev–Trinajstić information content (AvgIpc) is 2.73. The quantitative estimate of drug-likeness (QED) is 0.527. The number of hydrogen-bond acceptors (Lipinski definition) is 4. The fourth-order valence-corrected chi connectivity index (χ4v) is 2.89. The maximum absolute atomic E-state index is 6.04. The van der Waals surface area contributed by atoms with E-state index in [1.54, 1.807) is 7.11 Å². The van der Waals surface area contributed by atoms with Gasteiger partial charge in [-0.15, -0.1) is 0 Å². The molecule has 0 atom stereocenters. The molecular formula is C24H27NO3. The van der Waals surface area contributed by atoms with E-state index in [0.717, 1.165) is 28.5 Å². The van der Waals surface area contributed by atoms with Crippen LogP contribution in [0, 0.1) is 6.92 Å². The Balaban J connectivity index is 1.66. The summed E-state index contributed by atoms with van der Waals surface area (Å²) in [6.07, 6.45) is 0. The molecule has 0 fully saturated rings. The summed E-state index contributed by atoms with van der Waals surface area (Å²) < 4.78 is 17.0. The Morgan fingerprint density at radius 1 is 0.857 bits per heavy atom. The first-order valence-corrected chi connectivity index (χ1v) is 9.50. The van der Waals surface area contributed by atoms with Gasteiger partial charge in [0.1, 0.15) is 12.4 Å². The number of rotatable bonds is 9. The van der Waals surface area contributed by atoms with Crippen molar-refractivity contribution in [2.75, 3.05) is 19.0 Å². The Bertz CT molecular complexity index is 891. The number of hydrogen-bond donors (Lipinski definition) is 1. The largest absolute Gasteiger partial charge is 0.497 e. The van der Waals surface area contributed by atoms with E-state index in [2.05, 4.69) is 30.4 Å². The molecule has 4 heteroatoms. The van der Waals surface area contributed by atoms with Gasteiger partial charge in [0.2, 0.25) is 0 Å². The van der Waals surface area contributed by atoms with Gasteiger partial charge in [-0.1, -0.05) is 30.3 Å². The molecule has 0 aliphatic rings. The third kappa shape index (κ3) is 5.19. The summed E-state index contributed by atoms with van der Waals surface area (Å²) in [4.78, 5) is 0. The van der Waals surface area contributed by atoms with Gasteiger partial charge in [0.15, 0.2) is 11.5 Å². The average molecular weight is 377 g/mol. The molecule has 0 bridgehead atoms. The highest BCUT2D eigenvalue weighted by molar-refractivity contribution is 5.48. The second-order valence-electron chi connectivity index (χ2n) is 6.51. The minimum absolute atomic E-state index is 0.524. The van der Waals surface area contributed by atoms with Crippen molar-refractivity contribution < 1.29 is 14.2 Å². The molecule has 0 saturated heterocycles. The summed E-state index contributed by atoms with van der Waals surface area (Å²) in [5, 5.41) is 3.41. The highest BCUT2D eigenvalue weighted by Crippen LogP contribution is 2.30. The molecule has 3 aromatic rings. The summed E-state index contributed by atoms with van der Waals surface area (Å²) in [6, 6.07) is 22.2. The number of benzene rings is 3. The predicted molar refractivity (Wildman–Crippen MR) is 113 cm³/mol. The van der Waals surface area contributed by atoms with Crippen molar-refractivity contribution in [3.8, 4) is 17.2 Å². The zero-order chi connectivity index (χ0) is 19.8. The number of ether oxygens (including phenoxy) is 3. The van der Waals surface area contributed by atoms with E-state index >= 15 is 0 Å². The zero-order valence-corrected chi connectivity index (χ0v) is 16.7. The van der Waals surface area contributed by atoms with Crippen molar-refractivity contribution >= 4 is 5.69 Å². The zero-order valence-electron chi connectivity index (χ0n) is 16.7. The van der Waals surface area contributed by atoms with Crippen LogP contribution in [0.5, 0.6) is 17.2 Å². The van der Waals surface area contributed by atoms with Crippen LogP contribution in [0.25, 0.3) is 0 Å². The lowest BCUT2D eigenvalue weighted by atomic mass is 10.1. The smallest absolute Gasteiger partial charge is 0.161 e. The Morgan fingerprint density at radius 2 is 1.64 bits per heavy atom. The second kappa shape index (κ2) is 9.70. The Hall–Kier alpha value is -3.14. The van der Waals surface area contributed by atoms with E-state index in [1.807, 2.05) is 55.5 Å². The lowest BCUT2D eigenvalue weighted by molar-refractivity contribution is 0.268. The molecule has 0 aliphatic heterocycles. The summed E-state index contributed by atoms with van der Waals surface area (Å²) in [5.41, 5.74) is 4.57. The van der Waals surface area contributed by atoms with Gasteiger partial charge in [-0.2, -0.15) is 0 Å². The first-order valence-electron chi connectivity index (χ1n) is 9.50. The van der Waals surface area contributed by atoms with Crippen LogP contribution >= 0.6 is 0 Å². The van der Waals surface area contributed by atoms with Crippen LogP contribution in [0.1, 0.15) is 23.6 Å². The highest BCUT2D eigenvalue weighted by Gasteiger charge is 2.08. The van der Waals surface area contributed by atoms with Gasteiger partial charge in [0, 0.05) is 12.2 Å². The standard InChI is InChI=1S/C24H27NO3/c1-4-27-24-15-19(16-25-21-10-12-22(26-3)13-11-21)9-14-23(24)28-17-20-8-6-5-7-18(20)2/h5-15,25H,4,16-17H2,1-3H3. The molecule has 0 amide bonds. The number of nitrogens with one attached hydrogen (secondary N) is 1. The molecule has 0 heterocycles. The van der Waals surface area contributed by atoms with Crippen molar-refractivity contribution in [1.29, 1.82) is 0 Å². The van der Waals surface area contributed by atoms with E-state index in [0.29, 0.717) is 19.8 Å². The first-order chi connectivity index (χ1) is 13.7. The van der Waals surface area contributed by atoms with Gasteiger partial charge in [0.05, 0.1) is 13.7 Å². The van der Waals surface area contributed by atoms with Crippen LogP contribution in [0.15, 0.2) is 66.7 Å². The molecule has 1 N–H and O–H groups in total. The van der Waals surface area contributed by atoms with E-state index < -0.39 is 0 Å². The first kappa shape index (κ1) is 19.6. The molecule has 0 radical (unpaired) electrons. The molecule has 146 valence electrons. The fourth-order valence-electron chi connectivity index (χ4n) is 2.89. The van der Waals surface area contributed by atoms with E-state index in [1.165, 1.54) is 11.1 Å². The molecule has 0 aromatic heterocycles. The lowest BCUT2D eigenvalue weighted by Gasteiger charge is -2.15. The van der Waals surface area contributed by atoms with Crippen molar-refractivity contribution in [2.45, 2.75) is 27.0 Å². The molecule has 0 spiro atoms. The Kier molecular flexibility index (Phi) is 6.79. The topological polar surface area (TPSA) is 39.7 Å². The van der Waals surface area contributed by atoms with Crippen LogP contribution in [-0.4, -0.2) is 13.7 Å². The molecule has 0 saturated carbocycles. The minimum atomic E-state index is 0.524. The van der Waals surface area contributed by atoms with Crippen molar-refractivity contribution in [3.63, 3.8) is 0 Å². The SMILES string of the molecule is CCOc1cc(CNc2ccc(OC)cc2)ccc1OCc1ccccc1C. The van der Waals surface area contributed by atoms with E-state index in [9.17, 15) is 0 Å². The number of aryl methyl sites for hydroxylation is 1. The van der Waals surface area contributed by atoms with Gasteiger partial charge < -0.3 is 19.5 Å². The maximum Gasteiger partial charge on any atom is 0.161 e. The van der Waals surface area contributed by atoms with Gasteiger partial charge in [-0.3, -0.25) is 0 Å². The Labute approximate surface area is 167 Å². The predicted octanol–water partition coefficient (Wildman–Crippen LogP) is 5.59. The number of methoxy groups -OCH3 is 1.